The molecule has 0 atom stereocenters. The molecule has 2 aromatic heterocycles. The highest BCUT2D eigenvalue weighted by Gasteiger charge is 2.12. The maximum Gasteiger partial charge on any atom is 0.250 e. The summed E-state index contributed by atoms with van der Waals surface area (Å²) in [5, 5.41) is 10.6. The zero-order valence-electron chi connectivity index (χ0n) is 8.77. The molecule has 0 aromatic carbocycles. The summed E-state index contributed by atoms with van der Waals surface area (Å²) in [6.45, 7) is 3.26. The van der Waals surface area contributed by atoms with Crippen LogP contribution >= 0.6 is 0 Å². The predicted molar refractivity (Wildman–Crippen MR) is 54.9 cm³/mol. The number of hydrogen-bond acceptors (Lipinski definition) is 5. The molecule has 0 aliphatic carbocycles. The monoisotopic (exact) mass is 222 g/mol. The van der Waals surface area contributed by atoms with Crippen LogP contribution in [0.1, 0.15) is 12.8 Å². The number of nitrogens with one attached hydrogen (secondary N) is 1. The van der Waals surface area contributed by atoms with E-state index in [1.54, 1.807) is 0 Å². The topological polar surface area (TPSA) is 63.8 Å². The van der Waals surface area contributed by atoms with Crippen LogP contribution in [0, 0.1) is 5.82 Å². The molecule has 0 spiro atoms. The lowest BCUT2D eigenvalue weighted by molar-refractivity contribution is 0.479. The van der Waals surface area contributed by atoms with E-state index >= 15 is 0 Å². The first-order valence-electron chi connectivity index (χ1n) is 4.94. The highest BCUT2D eigenvalue weighted by Crippen LogP contribution is 2.19. The Labute approximate surface area is 91.7 Å². The number of rotatable bonds is 4. The lowest BCUT2D eigenvalue weighted by atomic mass is 10.2. The maximum atomic E-state index is 13.3. The molecule has 2 aromatic rings. The second kappa shape index (κ2) is 4.80. The fourth-order valence-corrected chi connectivity index (χ4v) is 1.21. The van der Waals surface area contributed by atoms with Crippen molar-refractivity contribution in [2.24, 2.45) is 0 Å². The largest absolute Gasteiger partial charge is 0.419 e. The molecular formula is C10H11FN4O. The van der Waals surface area contributed by atoms with Crippen LogP contribution in [0.3, 0.4) is 0 Å². The average Bonchev–Trinajstić information content (AvgIpc) is 2.75. The average molecular weight is 222 g/mol. The van der Waals surface area contributed by atoms with Gasteiger partial charge in [0.15, 0.2) is 5.82 Å². The van der Waals surface area contributed by atoms with Crippen molar-refractivity contribution >= 4 is 0 Å². The van der Waals surface area contributed by atoms with Crippen LogP contribution in [0.5, 0.6) is 0 Å². The summed E-state index contributed by atoms with van der Waals surface area (Å²) < 4.78 is 18.6. The maximum absolute atomic E-state index is 13.3. The highest BCUT2D eigenvalue weighted by atomic mass is 19.1. The quantitative estimate of drug-likeness (QED) is 0.846. The second-order valence-corrected chi connectivity index (χ2v) is 3.14. The summed E-state index contributed by atoms with van der Waals surface area (Å²) in [4.78, 5) is 3.65. The molecule has 5 nitrogen and oxygen atoms in total. The minimum Gasteiger partial charge on any atom is -0.419 e. The van der Waals surface area contributed by atoms with E-state index in [9.17, 15) is 4.39 Å². The van der Waals surface area contributed by atoms with Crippen molar-refractivity contribution in [3.63, 3.8) is 0 Å². The van der Waals surface area contributed by atoms with E-state index in [0.29, 0.717) is 12.4 Å². The number of halogens is 1. The van der Waals surface area contributed by atoms with Crippen LogP contribution in [0.25, 0.3) is 11.5 Å². The van der Waals surface area contributed by atoms with Gasteiger partial charge >= 0.3 is 0 Å². The molecule has 0 bridgehead atoms. The predicted octanol–water partition coefficient (Wildman–Crippen LogP) is 1.38. The normalized spacial score (nSPS) is 10.6. The number of hydrogen-bond donors (Lipinski definition) is 1. The summed E-state index contributed by atoms with van der Waals surface area (Å²) >= 11 is 0. The molecule has 1 N–H and O–H groups in total. The SMILES string of the molecule is CCNCc1nnc(-c2ccncc2F)o1. The third-order valence-corrected chi connectivity index (χ3v) is 2.00. The Hall–Kier alpha value is -1.82. The molecule has 6 heteroatoms. The first-order valence-corrected chi connectivity index (χ1v) is 4.94. The van der Waals surface area contributed by atoms with E-state index in [-0.39, 0.29) is 11.5 Å². The minimum atomic E-state index is -0.471. The summed E-state index contributed by atoms with van der Waals surface area (Å²) in [5.41, 5.74) is 0.269. The van der Waals surface area contributed by atoms with E-state index in [2.05, 4.69) is 20.5 Å². The van der Waals surface area contributed by atoms with Gasteiger partial charge in [-0.05, 0) is 12.6 Å². The Morgan fingerprint density at radius 1 is 1.44 bits per heavy atom. The molecule has 0 amide bonds. The van der Waals surface area contributed by atoms with E-state index < -0.39 is 5.82 Å². The Bertz CT molecular complexity index is 471. The number of pyridine rings is 1. The van der Waals surface area contributed by atoms with Crippen LogP contribution in [-0.4, -0.2) is 21.7 Å². The van der Waals surface area contributed by atoms with Crippen molar-refractivity contribution in [3.05, 3.63) is 30.2 Å². The summed E-state index contributed by atoms with van der Waals surface area (Å²) in [5.74, 6) is 0.141. The van der Waals surface area contributed by atoms with Crippen LogP contribution in [0.15, 0.2) is 22.9 Å². The Morgan fingerprint density at radius 2 is 2.31 bits per heavy atom. The van der Waals surface area contributed by atoms with Crippen molar-refractivity contribution in [3.8, 4) is 11.5 Å². The highest BCUT2D eigenvalue weighted by molar-refractivity contribution is 5.51. The van der Waals surface area contributed by atoms with Gasteiger partial charge in [0.2, 0.25) is 5.89 Å². The van der Waals surface area contributed by atoms with Crippen molar-refractivity contribution in [2.75, 3.05) is 6.54 Å². The van der Waals surface area contributed by atoms with Crippen molar-refractivity contribution in [1.29, 1.82) is 0 Å². The molecule has 0 aliphatic heterocycles. The zero-order valence-corrected chi connectivity index (χ0v) is 8.77. The first kappa shape index (κ1) is 10.7. The third kappa shape index (κ3) is 2.22. The summed E-state index contributed by atoms with van der Waals surface area (Å²) in [6.07, 6.45) is 2.59. The molecule has 84 valence electrons. The van der Waals surface area contributed by atoms with Gasteiger partial charge in [0.25, 0.3) is 5.89 Å². The van der Waals surface area contributed by atoms with Gasteiger partial charge in [-0.1, -0.05) is 6.92 Å². The van der Waals surface area contributed by atoms with Gasteiger partial charge in [0, 0.05) is 6.20 Å². The van der Waals surface area contributed by atoms with Crippen molar-refractivity contribution in [1.82, 2.24) is 20.5 Å². The minimum absolute atomic E-state index is 0.174. The molecular weight excluding hydrogens is 211 g/mol. The van der Waals surface area contributed by atoms with Gasteiger partial charge in [-0.25, -0.2) is 4.39 Å². The molecule has 0 radical (unpaired) electrons. The van der Waals surface area contributed by atoms with Gasteiger partial charge in [-0.15, -0.1) is 10.2 Å². The zero-order chi connectivity index (χ0) is 11.4. The molecule has 0 saturated carbocycles. The van der Waals surface area contributed by atoms with Crippen LogP contribution in [-0.2, 0) is 6.54 Å². The van der Waals surface area contributed by atoms with Gasteiger partial charge in [0.1, 0.15) is 0 Å². The molecule has 0 fully saturated rings. The first-order chi connectivity index (χ1) is 7.81. The van der Waals surface area contributed by atoms with Crippen LogP contribution in [0.2, 0.25) is 0 Å². The Kier molecular flexibility index (Phi) is 3.21. The molecule has 0 unspecified atom stereocenters. The lowest BCUT2D eigenvalue weighted by Crippen LogP contribution is -2.11. The van der Waals surface area contributed by atoms with Crippen molar-refractivity contribution in [2.45, 2.75) is 13.5 Å². The number of aromatic nitrogens is 3. The summed E-state index contributed by atoms with van der Waals surface area (Å²) in [7, 11) is 0. The standard InChI is InChI=1S/C10H11FN4O/c1-2-12-6-9-14-15-10(16-9)7-3-4-13-5-8(7)11/h3-5,12H,2,6H2,1H3. The summed E-state index contributed by atoms with van der Waals surface area (Å²) in [6, 6.07) is 1.50. The Morgan fingerprint density at radius 3 is 3.06 bits per heavy atom. The molecule has 0 saturated heterocycles. The van der Waals surface area contributed by atoms with E-state index in [1.165, 1.54) is 12.3 Å². The second-order valence-electron chi connectivity index (χ2n) is 3.14. The molecule has 2 rings (SSSR count). The van der Waals surface area contributed by atoms with E-state index in [0.717, 1.165) is 12.7 Å². The third-order valence-electron chi connectivity index (χ3n) is 2.00. The molecule has 0 aliphatic rings. The van der Waals surface area contributed by atoms with Gasteiger partial charge in [-0.3, -0.25) is 4.98 Å². The Balaban J connectivity index is 2.22. The van der Waals surface area contributed by atoms with E-state index in [1.807, 2.05) is 6.92 Å². The smallest absolute Gasteiger partial charge is 0.250 e. The molecule has 2 heterocycles. The molecule has 16 heavy (non-hydrogen) atoms. The van der Waals surface area contributed by atoms with Crippen LogP contribution < -0.4 is 5.32 Å². The van der Waals surface area contributed by atoms with Crippen molar-refractivity contribution < 1.29 is 8.81 Å². The van der Waals surface area contributed by atoms with E-state index in [4.69, 9.17) is 4.42 Å². The fourth-order valence-electron chi connectivity index (χ4n) is 1.21. The van der Waals surface area contributed by atoms with Gasteiger partial charge in [-0.2, -0.15) is 0 Å². The van der Waals surface area contributed by atoms with Gasteiger partial charge in [0.05, 0.1) is 18.3 Å². The fraction of sp³-hybridized carbons (Fsp3) is 0.300. The lowest BCUT2D eigenvalue weighted by Gasteiger charge is -1.96. The van der Waals surface area contributed by atoms with Crippen LogP contribution in [0.4, 0.5) is 4.39 Å². The van der Waals surface area contributed by atoms with Gasteiger partial charge < -0.3 is 9.73 Å². The number of nitrogens with zero attached hydrogens (tertiary/aromatic N) is 3.